The molecular weight excluding hydrogens is 412 g/mol. The predicted octanol–water partition coefficient (Wildman–Crippen LogP) is 5.35. The van der Waals surface area contributed by atoms with Crippen LogP contribution in [0.1, 0.15) is 27.2 Å². The molecule has 3 aromatic carbocycles. The van der Waals surface area contributed by atoms with E-state index in [0.717, 1.165) is 23.3 Å². The van der Waals surface area contributed by atoms with Gasteiger partial charge in [-0.3, -0.25) is 9.48 Å². The van der Waals surface area contributed by atoms with E-state index in [1.165, 1.54) is 17.7 Å². The van der Waals surface area contributed by atoms with Crippen molar-refractivity contribution in [1.29, 1.82) is 0 Å². The number of para-hydroxylation sites is 2. The SMILES string of the molecule is Cc1ccc(COc2ccccc2Cn2ccc(C(=O)Nc3c(F)cccc3F)n2)cc1. The molecule has 1 amide bonds. The first-order valence-corrected chi connectivity index (χ1v) is 10.0. The number of rotatable bonds is 7. The molecule has 0 bridgehead atoms. The maximum absolute atomic E-state index is 13.8. The number of aryl methyl sites for hydroxylation is 1. The minimum atomic E-state index is -0.850. The number of carbonyl (C=O) groups is 1. The highest BCUT2D eigenvalue weighted by Crippen LogP contribution is 2.21. The molecule has 4 aromatic rings. The van der Waals surface area contributed by atoms with Gasteiger partial charge in [-0.05, 0) is 36.8 Å². The van der Waals surface area contributed by atoms with Crippen molar-refractivity contribution >= 4 is 11.6 Å². The van der Waals surface area contributed by atoms with Gasteiger partial charge in [-0.2, -0.15) is 5.10 Å². The molecule has 0 atom stereocenters. The van der Waals surface area contributed by atoms with Gasteiger partial charge in [0.05, 0.1) is 6.54 Å². The van der Waals surface area contributed by atoms with Crippen LogP contribution in [0.2, 0.25) is 0 Å². The van der Waals surface area contributed by atoms with Gasteiger partial charge in [0.25, 0.3) is 5.91 Å². The van der Waals surface area contributed by atoms with Gasteiger partial charge >= 0.3 is 0 Å². The fraction of sp³-hybridized carbons (Fsp3) is 0.120. The summed E-state index contributed by atoms with van der Waals surface area (Å²) in [5.41, 5.74) is 2.68. The van der Waals surface area contributed by atoms with Crippen molar-refractivity contribution in [3.63, 3.8) is 0 Å². The van der Waals surface area contributed by atoms with Gasteiger partial charge < -0.3 is 10.1 Å². The van der Waals surface area contributed by atoms with Gasteiger partial charge in [0.2, 0.25) is 0 Å². The Morgan fingerprint density at radius 3 is 2.44 bits per heavy atom. The fourth-order valence-corrected chi connectivity index (χ4v) is 3.16. The molecule has 0 saturated heterocycles. The molecule has 0 saturated carbocycles. The van der Waals surface area contributed by atoms with Crippen molar-refractivity contribution in [3.8, 4) is 5.75 Å². The first-order valence-electron chi connectivity index (χ1n) is 10.0. The Balaban J connectivity index is 1.44. The van der Waals surface area contributed by atoms with Gasteiger partial charge in [-0.25, -0.2) is 8.78 Å². The lowest BCUT2D eigenvalue weighted by Gasteiger charge is -2.12. The van der Waals surface area contributed by atoms with Crippen LogP contribution in [0.4, 0.5) is 14.5 Å². The Bertz CT molecular complexity index is 1220. The number of nitrogens with zero attached hydrogens (tertiary/aromatic N) is 2. The van der Waals surface area contributed by atoms with Crippen molar-refractivity contribution in [2.24, 2.45) is 0 Å². The number of ether oxygens (including phenoxy) is 1. The summed E-state index contributed by atoms with van der Waals surface area (Å²) in [6.07, 6.45) is 1.63. The Hall–Kier alpha value is -4.00. The van der Waals surface area contributed by atoms with E-state index in [2.05, 4.69) is 10.4 Å². The summed E-state index contributed by atoms with van der Waals surface area (Å²) in [7, 11) is 0. The van der Waals surface area contributed by atoms with Crippen LogP contribution in [0, 0.1) is 18.6 Å². The van der Waals surface area contributed by atoms with E-state index < -0.39 is 23.2 Å². The molecule has 1 N–H and O–H groups in total. The number of benzene rings is 3. The number of amides is 1. The molecule has 32 heavy (non-hydrogen) atoms. The summed E-state index contributed by atoms with van der Waals surface area (Å²) >= 11 is 0. The summed E-state index contributed by atoms with van der Waals surface area (Å²) < 4.78 is 35.1. The Morgan fingerprint density at radius 2 is 1.69 bits per heavy atom. The highest BCUT2D eigenvalue weighted by Gasteiger charge is 2.16. The third-order valence-electron chi connectivity index (χ3n) is 4.89. The highest BCUT2D eigenvalue weighted by atomic mass is 19.1. The Labute approximate surface area is 184 Å². The van der Waals surface area contributed by atoms with Crippen LogP contribution in [0.15, 0.2) is 79.0 Å². The zero-order valence-electron chi connectivity index (χ0n) is 17.4. The molecule has 0 spiro atoms. The topological polar surface area (TPSA) is 56.1 Å². The minimum absolute atomic E-state index is 0.0470. The maximum atomic E-state index is 13.8. The van der Waals surface area contributed by atoms with Crippen LogP contribution in [-0.2, 0) is 13.2 Å². The van der Waals surface area contributed by atoms with Crippen LogP contribution in [0.25, 0.3) is 0 Å². The van der Waals surface area contributed by atoms with Crippen LogP contribution < -0.4 is 10.1 Å². The van der Waals surface area contributed by atoms with Gasteiger partial charge in [-0.1, -0.05) is 54.1 Å². The average molecular weight is 433 g/mol. The quantitative estimate of drug-likeness (QED) is 0.428. The van der Waals surface area contributed by atoms with Crippen molar-refractivity contribution in [2.45, 2.75) is 20.1 Å². The zero-order chi connectivity index (χ0) is 22.5. The second-order valence-corrected chi connectivity index (χ2v) is 7.33. The Kier molecular flexibility index (Phi) is 6.26. The van der Waals surface area contributed by atoms with E-state index in [0.29, 0.717) is 18.9 Å². The molecule has 5 nitrogen and oxygen atoms in total. The van der Waals surface area contributed by atoms with Crippen LogP contribution in [0.5, 0.6) is 5.75 Å². The molecule has 7 heteroatoms. The van der Waals surface area contributed by atoms with E-state index in [1.54, 1.807) is 10.9 Å². The summed E-state index contributed by atoms with van der Waals surface area (Å²) in [6.45, 7) is 2.83. The molecule has 4 rings (SSSR count). The van der Waals surface area contributed by atoms with Crippen molar-refractivity contribution in [1.82, 2.24) is 9.78 Å². The highest BCUT2D eigenvalue weighted by molar-refractivity contribution is 6.02. The molecule has 0 aliphatic heterocycles. The van der Waals surface area contributed by atoms with Gasteiger partial charge in [0.1, 0.15) is 29.7 Å². The van der Waals surface area contributed by atoms with Crippen molar-refractivity contribution in [3.05, 3.63) is 113 Å². The van der Waals surface area contributed by atoms with Crippen LogP contribution in [0.3, 0.4) is 0 Å². The maximum Gasteiger partial charge on any atom is 0.276 e. The largest absolute Gasteiger partial charge is 0.489 e. The summed E-state index contributed by atoms with van der Waals surface area (Å²) in [5, 5.41) is 6.47. The number of anilines is 1. The van der Waals surface area contributed by atoms with Crippen LogP contribution >= 0.6 is 0 Å². The average Bonchev–Trinajstić information content (AvgIpc) is 3.25. The lowest BCUT2D eigenvalue weighted by Crippen LogP contribution is -2.15. The molecule has 0 aliphatic rings. The summed E-state index contributed by atoms with van der Waals surface area (Å²) in [4.78, 5) is 12.4. The summed E-state index contributed by atoms with van der Waals surface area (Å²) in [6, 6.07) is 20.6. The van der Waals surface area contributed by atoms with Crippen LogP contribution in [-0.4, -0.2) is 15.7 Å². The molecule has 0 fully saturated rings. The smallest absolute Gasteiger partial charge is 0.276 e. The molecule has 0 radical (unpaired) electrons. The van der Waals surface area contributed by atoms with E-state index >= 15 is 0 Å². The molecule has 0 aliphatic carbocycles. The molecule has 1 heterocycles. The lowest BCUT2D eigenvalue weighted by atomic mass is 10.1. The van der Waals surface area contributed by atoms with Gasteiger partial charge in [0, 0.05) is 11.8 Å². The van der Waals surface area contributed by atoms with E-state index in [9.17, 15) is 13.6 Å². The number of halogens is 2. The van der Waals surface area contributed by atoms with E-state index in [1.807, 2.05) is 55.5 Å². The third kappa shape index (κ3) is 5.00. The first-order chi connectivity index (χ1) is 15.5. The number of hydrogen-bond acceptors (Lipinski definition) is 3. The minimum Gasteiger partial charge on any atom is -0.489 e. The van der Waals surface area contributed by atoms with Crippen molar-refractivity contribution < 1.29 is 18.3 Å². The van der Waals surface area contributed by atoms with Gasteiger partial charge in [0.15, 0.2) is 5.69 Å². The number of carbonyl (C=O) groups excluding carboxylic acids is 1. The third-order valence-corrected chi connectivity index (χ3v) is 4.89. The second kappa shape index (κ2) is 9.43. The first kappa shape index (κ1) is 21.2. The molecule has 0 unspecified atom stereocenters. The monoisotopic (exact) mass is 433 g/mol. The zero-order valence-corrected chi connectivity index (χ0v) is 17.4. The van der Waals surface area contributed by atoms with E-state index in [4.69, 9.17) is 4.74 Å². The normalized spacial score (nSPS) is 10.7. The second-order valence-electron chi connectivity index (χ2n) is 7.33. The molecule has 1 aromatic heterocycles. The van der Waals surface area contributed by atoms with Crippen molar-refractivity contribution in [2.75, 3.05) is 5.32 Å². The van der Waals surface area contributed by atoms with Gasteiger partial charge in [-0.15, -0.1) is 0 Å². The standard InChI is InChI=1S/C25H21F2N3O2/c1-17-9-11-18(12-10-17)16-32-23-8-3-2-5-19(23)15-30-14-13-22(29-30)25(31)28-24-20(26)6-4-7-21(24)27/h2-14H,15-16H2,1H3,(H,28,31). The Morgan fingerprint density at radius 1 is 0.969 bits per heavy atom. The number of aromatic nitrogens is 2. The summed E-state index contributed by atoms with van der Waals surface area (Å²) in [5.74, 6) is -1.69. The fourth-order valence-electron chi connectivity index (χ4n) is 3.16. The number of hydrogen-bond donors (Lipinski definition) is 1. The lowest BCUT2D eigenvalue weighted by molar-refractivity contribution is 0.102. The molecule has 162 valence electrons. The molecular formula is C25H21F2N3O2. The predicted molar refractivity (Wildman–Crippen MR) is 118 cm³/mol. The van der Waals surface area contributed by atoms with E-state index in [-0.39, 0.29) is 5.69 Å². The number of nitrogens with one attached hydrogen (secondary N) is 1.